The van der Waals surface area contributed by atoms with Gasteiger partial charge in [-0.1, -0.05) is 29.8 Å². The van der Waals surface area contributed by atoms with Crippen LogP contribution in [-0.2, 0) is 11.3 Å². The van der Waals surface area contributed by atoms with E-state index in [1.807, 2.05) is 25.1 Å². The third kappa shape index (κ3) is 6.12. The highest BCUT2D eigenvalue weighted by Gasteiger charge is 2.09. The molecule has 0 saturated carbocycles. The maximum Gasteiger partial charge on any atom is 0.303 e. The van der Waals surface area contributed by atoms with Crippen LogP contribution in [0.5, 0.6) is 5.75 Å². The Morgan fingerprint density at radius 1 is 1.16 bits per heavy atom. The molecule has 2 aromatic rings. The van der Waals surface area contributed by atoms with Crippen LogP contribution in [0.1, 0.15) is 34.3 Å². The van der Waals surface area contributed by atoms with Crippen molar-refractivity contribution >= 4 is 23.5 Å². The normalized spacial score (nSPS) is 10.3. The van der Waals surface area contributed by atoms with Crippen molar-refractivity contribution in [2.45, 2.75) is 26.3 Å². The number of amides is 1. The van der Waals surface area contributed by atoms with Crippen molar-refractivity contribution in [1.29, 1.82) is 0 Å². The Morgan fingerprint density at radius 2 is 1.88 bits per heavy atom. The fourth-order valence-corrected chi connectivity index (χ4v) is 2.41. The lowest BCUT2D eigenvalue weighted by Crippen LogP contribution is -2.23. The van der Waals surface area contributed by atoms with Gasteiger partial charge < -0.3 is 15.2 Å². The smallest absolute Gasteiger partial charge is 0.303 e. The number of hydrogen-bond acceptors (Lipinski definition) is 3. The molecule has 2 rings (SSSR count). The lowest BCUT2D eigenvalue weighted by Gasteiger charge is -2.09. The van der Waals surface area contributed by atoms with Crippen LogP contribution in [0.25, 0.3) is 0 Å². The van der Waals surface area contributed by atoms with Crippen LogP contribution in [0, 0.1) is 6.92 Å². The molecule has 2 N–H and O–H groups in total. The Morgan fingerprint density at radius 3 is 2.56 bits per heavy atom. The van der Waals surface area contributed by atoms with Crippen LogP contribution in [0.15, 0.2) is 42.5 Å². The molecule has 132 valence electrons. The van der Waals surface area contributed by atoms with Gasteiger partial charge in [0, 0.05) is 23.6 Å². The maximum atomic E-state index is 12.2. The number of carboxylic acid groups (broad SMARTS) is 1. The molecule has 0 fully saturated rings. The van der Waals surface area contributed by atoms with Gasteiger partial charge in [0.05, 0.1) is 6.61 Å². The minimum atomic E-state index is -0.829. The molecular formula is C19H20ClNO4. The fourth-order valence-electron chi connectivity index (χ4n) is 2.23. The van der Waals surface area contributed by atoms with Gasteiger partial charge in [-0.2, -0.15) is 0 Å². The number of halogens is 1. The summed E-state index contributed by atoms with van der Waals surface area (Å²) in [4.78, 5) is 22.7. The third-order valence-corrected chi connectivity index (χ3v) is 3.86. The number of nitrogens with one attached hydrogen (secondary N) is 1. The lowest BCUT2D eigenvalue weighted by atomic mass is 10.1. The minimum Gasteiger partial charge on any atom is -0.494 e. The third-order valence-electron chi connectivity index (χ3n) is 3.62. The van der Waals surface area contributed by atoms with E-state index in [9.17, 15) is 9.59 Å². The van der Waals surface area contributed by atoms with E-state index in [2.05, 4.69) is 5.32 Å². The molecule has 0 aliphatic carbocycles. The van der Waals surface area contributed by atoms with E-state index in [1.54, 1.807) is 24.3 Å². The molecule has 0 aliphatic heterocycles. The molecule has 5 nitrogen and oxygen atoms in total. The van der Waals surface area contributed by atoms with Crippen molar-refractivity contribution in [2.24, 2.45) is 0 Å². The summed E-state index contributed by atoms with van der Waals surface area (Å²) in [5.74, 6) is -0.329. The zero-order valence-electron chi connectivity index (χ0n) is 13.9. The molecule has 0 heterocycles. The number of benzene rings is 2. The second-order valence-electron chi connectivity index (χ2n) is 5.63. The van der Waals surface area contributed by atoms with Crippen LogP contribution in [0.4, 0.5) is 0 Å². The highest BCUT2D eigenvalue weighted by atomic mass is 35.5. The summed E-state index contributed by atoms with van der Waals surface area (Å²) in [7, 11) is 0. The predicted molar refractivity (Wildman–Crippen MR) is 96.2 cm³/mol. The largest absolute Gasteiger partial charge is 0.494 e. The molecule has 1 amide bonds. The number of aryl methyl sites for hydroxylation is 1. The SMILES string of the molecule is Cc1ccc(Cl)cc1C(=O)NCc1ccc(OCCCC(=O)O)cc1. The molecule has 0 spiro atoms. The van der Waals surface area contributed by atoms with Gasteiger partial charge in [0.25, 0.3) is 5.91 Å². The van der Waals surface area contributed by atoms with Gasteiger partial charge in [0.15, 0.2) is 0 Å². The molecule has 0 aliphatic rings. The van der Waals surface area contributed by atoms with Gasteiger partial charge in [-0.15, -0.1) is 0 Å². The molecule has 25 heavy (non-hydrogen) atoms. The van der Waals surface area contributed by atoms with Gasteiger partial charge in [-0.05, 0) is 48.7 Å². The maximum absolute atomic E-state index is 12.2. The van der Waals surface area contributed by atoms with Gasteiger partial charge in [-0.3, -0.25) is 9.59 Å². The van der Waals surface area contributed by atoms with Crippen molar-refractivity contribution in [2.75, 3.05) is 6.61 Å². The first-order valence-electron chi connectivity index (χ1n) is 7.93. The van der Waals surface area contributed by atoms with E-state index in [1.165, 1.54) is 0 Å². The minimum absolute atomic E-state index is 0.0903. The van der Waals surface area contributed by atoms with Crippen molar-refractivity contribution in [3.63, 3.8) is 0 Å². The Labute approximate surface area is 151 Å². The number of rotatable bonds is 8. The molecule has 0 atom stereocenters. The molecule has 0 radical (unpaired) electrons. The van der Waals surface area contributed by atoms with Gasteiger partial charge >= 0.3 is 5.97 Å². The number of ether oxygens (including phenoxy) is 1. The summed E-state index contributed by atoms with van der Waals surface area (Å²) in [6, 6.07) is 12.5. The van der Waals surface area contributed by atoms with Crippen LogP contribution >= 0.6 is 11.6 Å². The van der Waals surface area contributed by atoms with Crippen LogP contribution in [0.3, 0.4) is 0 Å². The monoisotopic (exact) mass is 361 g/mol. The van der Waals surface area contributed by atoms with Crippen LogP contribution in [0.2, 0.25) is 5.02 Å². The Hall–Kier alpha value is -2.53. The van der Waals surface area contributed by atoms with Gasteiger partial charge in [-0.25, -0.2) is 0 Å². The molecule has 0 aromatic heterocycles. The van der Waals surface area contributed by atoms with Crippen molar-refractivity contribution < 1.29 is 19.4 Å². The Bertz CT molecular complexity index is 744. The highest BCUT2D eigenvalue weighted by molar-refractivity contribution is 6.31. The average Bonchev–Trinajstić information content (AvgIpc) is 2.59. The summed E-state index contributed by atoms with van der Waals surface area (Å²) in [5, 5.41) is 12.0. The first-order chi connectivity index (χ1) is 12.0. The van der Waals surface area contributed by atoms with Gasteiger partial charge in [0.2, 0.25) is 0 Å². The van der Waals surface area contributed by atoms with Crippen molar-refractivity contribution in [3.8, 4) is 5.75 Å². The van der Waals surface area contributed by atoms with Crippen molar-refractivity contribution in [3.05, 3.63) is 64.2 Å². The molecular weight excluding hydrogens is 342 g/mol. The van der Waals surface area contributed by atoms with E-state index in [0.717, 1.165) is 11.1 Å². The summed E-state index contributed by atoms with van der Waals surface area (Å²) in [6.45, 7) is 2.61. The van der Waals surface area contributed by atoms with Crippen LogP contribution in [-0.4, -0.2) is 23.6 Å². The summed E-state index contributed by atoms with van der Waals surface area (Å²) >= 11 is 5.94. The molecule has 0 unspecified atom stereocenters. The average molecular weight is 362 g/mol. The van der Waals surface area contributed by atoms with E-state index in [0.29, 0.717) is 35.9 Å². The number of carbonyl (C=O) groups is 2. The fraction of sp³-hybridized carbons (Fsp3) is 0.263. The van der Waals surface area contributed by atoms with E-state index in [4.69, 9.17) is 21.4 Å². The van der Waals surface area contributed by atoms with Crippen LogP contribution < -0.4 is 10.1 Å². The molecule has 6 heteroatoms. The Kier molecular flexibility index (Phi) is 6.83. The molecule has 2 aromatic carbocycles. The van der Waals surface area contributed by atoms with E-state index in [-0.39, 0.29) is 12.3 Å². The zero-order chi connectivity index (χ0) is 18.2. The number of carboxylic acids is 1. The van der Waals surface area contributed by atoms with Crippen molar-refractivity contribution in [1.82, 2.24) is 5.32 Å². The standard InChI is InChI=1S/C19H20ClNO4/c1-13-4-7-15(20)11-17(13)19(24)21-12-14-5-8-16(9-6-14)25-10-2-3-18(22)23/h4-9,11H,2-3,10,12H2,1H3,(H,21,24)(H,22,23). The second kappa shape index (κ2) is 9.08. The molecule has 0 saturated heterocycles. The topological polar surface area (TPSA) is 75.6 Å². The lowest BCUT2D eigenvalue weighted by molar-refractivity contribution is -0.137. The van der Waals surface area contributed by atoms with Gasteiger partial charge in [0.1, 0.15) is 5.75 Å². The number of aliphatic carboxylic acids is 1. The first-order valence-corrected chi connectivity index (χ1v) is 8.31. The second-order valence-corrected chi connectivity index (χ2v) is 6.07. The number of hydrogen-bond donors (Lipinski definition) is 2. The summed E-state index contributed by atoms with van der Waals surface area (Å²) in [6.07, 6.45) is 0.555. The van der Waals surface area contributed by atoms with E-state index < -0.39 is 5.97 Å². The quantitative estimate of drug-likeness (QED) is 0.701. The first kappa shape index (κ1) is 18.8. The summed E-state index contributed by atoms with van der Waals surface area (Å²) in [5.41, 5.74) is 2.36. The number of carbonyl (C=O) groups excluding carboxylic acids is 1. The molecule has 0 bridgehead atoms. The predicted octanol–water partition coefficient (Wildman–Crippen LogP) is 3.82. The summed E-state index contributed by atoms with van der Waals surface area (Å²) < 4.78 is 5.47. The highest BCUT2D eigenvalue weighted by Crippen LogP contribution is 2.16. The van der Waals surface area contributed by atoms with E-state index >= 15 is 0 Å². The Balaban J connectivity index is 1.84. The zero-order valence-corrected chi connectivity index (χ0v) is 14.7.